The summed E-state index contributed by atoms with van der Waals surface area (Å²) in [6.45, 7) is 0. The van der Waals surface area contributed by atoms with E-state index in [1.807, 2.05) is 0 Å². The lowest BCUT2D eigenvalue weighted by atomic mass is 10.1. The first-order valence-electron chi connectivity index (χ1n) is 4.49. The summed E-state index contributed by atoms with van der Waals surface area (Å²) in [7, 11) is 1.70. The lowest BCUT2D eigenvalue weighted by Gasteiger charge is -2.07. The zero-order chi connectivity index (χ0) is 11.7. The van der Waals surface area contributed by atoms with E-state index in [-0.39, 0.29) is 6.04 Å². The molecule has 1 atom stereocenters. The zero-order valence-corrected chi connectivity index (χ0v) is 10.7. The van der Waals surface area contributed by atoms with Crippen molar-refractivity contribution in [3.8, 4) is 0 Å². The molecule has 0 aliphatic carbocycles. The standard InChI is InChI=1S/C8H9Cl2N5S/c1-15-13-7(12-14-15)3-5(11)4-2-6(9)16-8(4)10/h2,5H,3,11H2,1H3. The fourth-order valence-corrected chi connectivity index (χ4v) is 2.91. The van der Waals surface area contributed by atoms with Crippen LogP contribution in [0.5, 0.6) is 0 Å². The second kappa shape index (κ2) is 4.67. The number of hydrogen-bond donors (Lipinski definition) is 1. The lowest BCUT2D eigenvalue weighted by Crippen LogP contribution is -2.14. The molecule has 0 fully saturated rings. The highest BCUT2D eigenvalue weighted by atomic mass is 35.5. The monoisotopic (exact) mass is 277 g/mol. The van der Waals surface area contributed by atoms with Gasteiger partial charge in [-0.25, -0.2) is 0 Å². The molecule has 2 rings (SSSR count). The van der Waals surface area contributed by atoms with Crippen LogP contribution in [0, 0.1) is 0 Å². The van der Waals surface area contributed by atoms with Gasteiger partial charge < -0.3 is 5.73 Å². The Kier molecular flexibility index (Phi) is 3.44. The third-order valence-electron chi connectivity index (χ3n) is 2.03. The lowest BCUT2D eigenvalue weighted by molar-refractivity contribution is 0.623. The van der Waals surface area contributed by atoms with Gasteiger partial charge in [0.05, 0.1) is 15.7 Å². The predicted molar refractivity (Wildman–Crippen MR) is 63.8 cm³/mol. The second-order valence-corrected chi connectivity index (χ2v) is 5.57. The normalized spacial score (nSPS) is 13.0. The molecule has 8 heteroatoms. The minimum absolute atomic E-state index is 0.263. The topological polar surface area (TPSA) is 69.6 Å². The van der Waals surface area contributed by atoms with Crippen LogP contribution in [0.1, 0.15) is 17.4 Å². The largest absolute Gasteiger partial charge is 0.324 e. The number of halogens is 2. The fraction of sp³-hybridized carbons (Fsp3) is 0.375. The maximum absolute atomic E-state index is 6.00. The molecule has 5 nitrogen and oxygen atoms in total. The van der Waals surface area contributed by atoms with Crippen LogP contribution in [0.15, 0.2) is 6.07 Å². The molecule has 16 heavy (non-hydrogen) atoms. The molecule has 2 aromatic rings. The van der Waals surface area contributed by atoms with Crippen molar-refractivity contribution in [1.82, 2.24) is 20.2 Å². The number of nitrogens with zero attached hydrogens (tertiary/aromatic N) is 4. The van der Waals surface area contributed by atoms with Gasteiger partial charge in [0.2, 0.25) is 0 Å². The van der Waals surface area contributed by atoms with E-state index in [1.54, 1.807) is 13.1 Å². The van der Waals surface area contributed by atoms with Crippen molar-refractivity contribution in [3.05, 3.63) is 26.1 Å². The van der Waals surface area contributed by atoms with Crippen molar-refractivity contribution >= 4 is 34.5 Å². The molecule has 2 N–H and O–H groups in total. The summed E-state index contributed by atoms with van der Waals surface area (Å²) in [4.78, 5) is 1.39. The van der Waals surface area contributed by atoms with E-state index in [9.17, 15) is 0 Å². The minimum atomic E-state index is -0.263. The molecular formula is C8H9Cl2N5S. The van der Waals surface area contributed by atoms with Crippen LogP contribution in [0.2, 0.25) is 8.67 Å². The van der Waals surface area contributed by atoms with Gasteiger partial charge in [0.1, 0.15) is 0 Å². The Hall–Kier alpha value is -0.690. The Balaban J connectivity index is 2.14. The number of tetrazole rings is 1. The zero-order valence-electron chi connectivity index (χ0n) is 8.39. The molecular weight excluding hydrogens is 269 g/mol. The van der Waals surface area contributed by atoms with Crippen molar-refractivity contribution in [2.45, 2.75) is 12.5 Å². The Labute approximate surface area is 106 Å². The second-order valence-electron chi connectivity index (χ2n) is 3.29. The first-order valence-corrected chi connectivity index (χ1v) is 6.06. The van der Waals surface area contributed by atoms with Crippen molar-refractivity contribution in [2.75, 3.05) is 0 Å². The summed E-state index contributed by atoms with van der Waals surface area (Å²) < 4.78 is 1.24. The smallest absolute Gasteiger partial charge is 0.176 e. The molecule has 0 amide bonds. The molecule has 0 aliphatic rings. The molecule has 2 heterocycles. The van der Waals surface area contributed by atoms with Gasteiger partial charge in [0.15, 0.2) is 5.82 Å². The average molecular weight is 278 g/mol. The third-order valence-corrected chi connectivity index (χ3v) is 3.55. The molecule has 0 spiro atoms. The highest BCUT2D eigenvalue weighted by molar-refractivity contribution is 7.20. The first-order chi connectivity index (χ1) is 7.56. The van der Waals surface area contributed by atoms with E-state index < -0.39 is 0 Å². The Morgan fingerprint density at radius 3 is 2.81 bits per heavy atom. The summed E-state index contributed by atoms with van der Waals surface area (Å²) in [5, 5.41) is 11.7. The van der Waals surface area contributed by atoms with E-state index in [1.165, 1.54) is 16.1 Å². The highest BCUT2D eigenvalue weighted by Crippen LogP contribution is 2.34. The highest BCUT2D eigenvalue weighted by Gasteiger charge is 2.16. The fourth-order valence-electron chi connectivity index (χ4n) is 1.32. The van der Waals surface area contributed by atoms with Crippen LogP contribution in [0.25, 0.3) is 0 Å². The quantitative estimate of drug-likeness (QED) is 0.929. The first kappa shape index (κ1) is 11.8. The van der Waals surface area contributed by atoms with Crippen molar-refractivity contribution in [2.24, 2.45) is 12.8 Å². The summed E-state index contributed by atoms with van der Waals surface area (Å²) in [6, 6.07) is 1.51. The van der Waals surface area contributed by atoms with E-state index in [4.69, 9.17) is 28.9 Å². The van der Waals surface area contributed by atoms with Gasteiger partial charge in [0, 0.05) is 18.0 Å². The van der Waals surface area contributed by atoms with Crippen LogP contribution in [0.3, 0.4) is 0 Å². The van der Waals surface area contributed by atoms with Crippen LogP contribution in [-0.4, -0.2) is 20.2 Å². The summed E-state index contributed by atoms with van der Waals surface area (Å²) >= 11 is 13.2. The van der Waals surface area contributed by atoms with Gasteiger partial charge >= 0.3 is 0 Å². The van der Waals surface area contributed by atoms with Crippen molar-refractivity contribution < 1.29 is 0 Å². The molecule has 0 bridgehead atoms. The van der Waals surface area contributed by atoms with Gasteiger partial charge in [0.25, 0.3) is 0 Å². The van der Waals surface area contributed by atoms with Crippen LogP contribution < -0.4 is 5.73 Å². The maximum atomic E-state index is 6.00. The summed E-state index contributed by atoms with van der Waals surface area (Å²) in [6.07, 6.45) is 0.487. The number of rotatable bonds is 3. The number of aryl methyl sites for hydroxylation is 1. The minimum Gasteiger partial charge on any atom is -0.324 e. The maximum Gasteiger partial charge on any atom is 0.176 e. The van der Waals surface area contributed by atoms with Crippen molar-refractivity contribution in [1.29, 1.82) is 0 Å². The molecule has 86 valence electrons. The predicted octanol–water partition coefficient (Wildman–Crippen LogP) is 1.82. The third kappa shape index (κ3) is 2.52. The number of thiophene rings is 1. The summed E-state index contributed by atoms with van der Waals surface area (Å²) in [5.41, 5.74) is 6.82. The van der Waals surface area contributed by atoms with E-state index in [0.29, 0.717) is 20.9 Å². The van der Waals surface area contributed by atoms with Crippen LogP contribution >= 0.6 is 34.5 Å². The molecule has 0 saturated carbocycles. The van der Waals surface area contributed by atoms with Gasteiger partial charge in [-0.1, -0.05) is 23.2 Å². The number of hydrogen-bond acceptors (Lipinski definition) is 5. The van der Waals surface area contributed by atoms with Gasteiger partial charge in [-0.2, -0.15) is 4.80 Å². The Morgan fingerprint density at radius 2 is 2.31 bits per heavy atom. The van der Waals surface area contributed by atoms with Gasteiger partial charge in [-0.15, -0.1) is 21.5 Å². The molecule has 0 radical (unpaired) electrons. The van der Waals surface area contributed by atoms with E-state index in [0.717, 1.165) is 5.56 Å². The van der Waals surface area contributed by atoms with Crippen LogP contribution in [-0.2, 0) is 13.5 Å². The average Bonchev–Trinajstić information content (AvgIpc) is 2.73. The van der Waals surface area contributed by atoms with Crippen molar-refractivity contribution in [3.63, 3.8) is 0 Å². The Bertz CT molecular complexity index is 494. The van der Waals surface area contributed by atoms with E-state index in [2.05, 4.69) is 15.4 Å². The Morgan fingerprint density at radius 1 is 1.56 bits per heavy atom. The molecule has 0 aromatic carbocycles. The molecule has 1 unspecified atom stereocenters. The molecule has 0 aliphatic heterocycles. The SMILES string of the molecule is Cn1nnc(CC(N)c2cc(Cl)sc2Cl)n1. The van der Waals surface area contributed by atoms with Gasteiger partial charge in [-0.3, -0.25) is 0 Å². The van der Waals surface area contributed by atoms with Crippen LogP contribution in [0.4, 0.5) is 0 Å². The number of aromatic nitrogens is 4. The molecule has 2 aromatic heterocycles. The van der Waals surface area contributed by atoms with E-state index >= 15 is 0 Å². The number of nitrogens with two attached hydrogens (primary N) is 1. The molecule has 0 saturated heterocycles. The van der Waals surface area contributed by atoms with Gasteiger partial charge in [-0.05, 0) is 11.3 Å². The summed E-state index contributed by atoms with van der Waals surface area (Å²) in [5.74, 6) is 0.591.